The molecule has 0 N–H and O–H groups in total. The Balaban J connectivity index is 0.000000440. The SMILES string of the molecule is CCCCCCCCCCCCOc1ccc(Cl)cc1CBr.CCCCCCCCCCCCOc1ccc(Cl)cc1CCl. The van der Waals surface area contributed by atoms with E-state index < -0.39 is 0 Å². The minimum Gasteiger partial charge on any atom is -0.493 e. The molecule has 2 aromatic carbocycles. The summed E-state index contributed by atoms with van der Waals surface area (Å²) in [4.78, 5) is 0. The highest BCUT2D eigenvalue weighted by atomic mass is 79.9. The van der Waals surface area contributed by atoms with Crippen LogP contribution < -0.4 is 9.47 Å². The highest BCUT2D eigenvalue weighted by molar-refractivity contribution is 9.08. The van der Waals surface area contributed by atoms with Crippen LogP contribution in [0.3, 0.4) is 0 Å². The van der Waals surface area contributed by atoms with Gasteiger partial charge in [-0.3, -0.25) is 0 Å². The monoisotopic (exact) mass is 732 g/mol. The molecule has 252 valence electrons. The maximum Gasteiger partial charge on any atom is 0.123 e. The largest absolute Gasteiger partial charge is 0.493 e. The Morgan fingerprint density at radius 2 is 0.841 bits per heavy atom. The molecule has 44 heavy (non-hydrogen) atoms. The van der Waals surface area contributed by atoms with Gasteiger partial charge in [-0.1, -0.05) is 169 Å². The van der Waals surface area contributed by atoms with E-state index in [1.54, 1.807) is 0 Å². The summed E-state index contributed by atoms with van der Waals surface area (Å²) in [5, 5.41) is 2.25. The van der Waals surface area contributed by atoms with E-state index >= 15 is 0 Å². The first-order valence-corrected chi connectivity index (χ1v) is 19.9. The summed E-state index contributed by atoms with van der Waals surface area (Å²) in [7, 11) is 0. The average Bonchev–Trinajstić information content (AvgIpc) is 3.03. The van der Waals surface area contributed by atoms with E-state index in [4.69, 9.17) is 44.3 Å². The summed E-state index contributed by atoms with van der Waals surface area (Å²) >= 11 is 21.3. The summed E-state index contributed by atoms with van der Waals surface area (Å²) in [6.45, 7) is 6.11. The van der Waals surface area contributed by atoms with Crippen molar-refractivity contribution in [1.82, 2.24) is 0 Å². The first-order chi connectivity index (χ1) is 21.5. The van der Waals surface area contributed by atoms with Gasteiger partial charge in [-0.05, 0) is 49.2 Å². The lowest BCUT2D eigenvalue weighted by atomic mass is 10.1. The van der Waals surface area contributed by atoms with Gasteiger partial charge in [0.05, 0.1) is 19.1 Å². The summed E-state index contributed by atoms with van der Waals surface area (Å²) < 4.78 is 11.7. The Hall–Kier alpha value is -0.610. The summed E-state index contributed by atoms with van der Waals surface area (Å²) in [6, 6.07) is 11.5. The van der Waals surface area contributed by atoms with Crippen molar-refractivity contribution in [3.8, 4) is 11.5 Å². The van der Waals surface area contributed by atoms with Crippen LogP contribution in [0.1, 0.15) is 153 Å². The van der Waals surface area contributed by atoms with Crippen LogP contribution in [0.25, 0.3) is 0 Å². The van der Waals surface area contributed by atoms with Crippen molar-refractivity contribution in [2.45, 2.75) is 153 Å². The molecule has 0 saturated carbocycles. The second kappa shape index (κ2) is 29.8. The maximum atomic E-state index is 5.99. The third kappa shape index (κ3) is 22.0. The van der Waals surface area contributed by atoms with Crippen LogP contribution >= 0.6 is 50.7 Å². The van der Waals surface area contributed by atoms with E-state index in [0.29, 0.717) is 10.9 Å². The van der Waals surface area contributed by atoms with Crippen molar-refractivity contribution in [3.05, 3.63) is 57.6 Å². The smallest absolute Gasteiger partial charge is 0.123 e. The van der Waals surface area contributed by atoms with Crippen LogP contribution in [0.4, 0.5) is 0 Å². The standard InChI is InChI=1S/C19H30BrClO.C19H30Cl2O/c2*1-2-3-4-5-6-7-8-9-10-11-14-22-19-13-12-18(21)15-17(19)16-20/h2*12-13,15H,2-11,14,16H2,1H3. The number of benzene rings is 2. The fraction of sp³-hybridized carbons (Fsp3) is 0.684. The lowest BCUT2D eigenvalue weighted by Crippen LogP contribution is -1.99. The van der Waals surface area contributed by atoms with E-state index in [1.807, 2.05) is 36.4 Å². The van der Waals surface area contributed by atoms with Gasteiger partial charge in [0, 0.05) is 26.5 Å². The lowest BCUT2D eigenvalue weighted by Gasteiger charge is -2.10. The van der Waals surface area contributed by atoms with E-state index in [0.717, 1.165) is 59.0 Å². The van der Waals surface area contributed by atoms with E-state index in [9.17, 15) is 0 Å². The van der Waals surface area contributed by atoms with Crippen molar-refractivity contribution in [2.75, 3.05) is 13.2 Å². The van der Waals surface area contributed by atoms with Crippen LogP contribution in [-0.2, 0) is 11.2 Å². The molecule has 0 aromatic heterocycles. The van der Waals surface area contributed by atoms with Crippen molar-refractivity contribution in [1.29, 1.82) is 0 Å². The summed E-state index contributed by atoms with van der Waals surface area (Å²) in [5.74, 6) is 2.26. The molecule has 0 fully saturated rings. The fourth-order valence-corrected chi connectivity index (χ4v) is 6.17. The zero-order valence-electron chi connectivity index (χ0n) is 27.8. The number of ether oxygens (including phenoxy) is 2. The Morgan fingerprint density at radius 3 is 1.20 bits per heavy atom. The van der Waals surface area contributed by atoms with Gasteiger partial charge in [-0.25, -0.2) is 0 Å². The minimum atomic E-state index is 0.438. The molecule has 2 aromatic rings. The fourth-order valence-electron chi connectivity index (χ4n) is 5.13. The number of rotatable bonds is 26. The predicted octanol–water partition coefficient (Wildman–Crippen LogP) is 14.9. The van der Waals surface area contributed by atoms with E-state index in [1.165, 1.54) is 116 Å². The third-order valence-corrected chi connectivity index (χ3v) is 9.21. The van der Waals surface area contributed by atoms with Gasteiger partial charge >= 0.3 is 0 Å². The van der Waals surface area contributed by atoms with Crippen molar-refractivity contribution in [2.24, 2.45) is 0 Å². The van der Waals surface area contributed by atoms with Crippen molar-refractivity contribution >= 4 is 50.7 Å². The number of alkyl halides is 2. The molecule has 0 heterocycles. The van der Waals surface area contributed by atoms with Gasteiger partial charge in [-0.15, -0.1) is 11.6 Å². The molecule has 0 radical (unpaired) electrons. The molecular formula is C38H60BrCl3O2. The molecule has 6 heteroatoms. The molecule has 0 saturated heterocycles. The van der Waals surface area contributed by atoms with Crippen LogP contribution in [0.2, 0.25) is 10.0 Å². The zero-order chi connectivity index (χ0) is 32.1. The second-order valence-electron chi connectivity index (χ2n) is 11.8. The molecule has 0 spiro atoms. The van der Waals surface area contributed by atoms with Gasteiger partial charge in [0.25, 0.3) is 0 Å². The number of unbranched alkanes of at least 4 members (excludes halogenated alkanes) is 18. The first kappa shape index (κ1) is 41.4. The van der Waals surface area contributed by atoms with Gasteiger partial charge < -0.3 is 9.47 Å². The van der Waals surface area contributed by atoms with Crippen LogP contribution in [0, 0.1) is 0 Å². The van der Waals surface area contributed by atoms with Crippen molar-refractivity contribution in [3.63, 3.8) is 0 Å². The lowest BCUT2D eigenvalue weighted by molar-refractivity contribution is 0.302. The molecule has 2 nitrogen and oxygen atoms in total. The average molecular weight is 735 g/mol. The molecule has 0 amide bonds. The number of hydrogen-bond donors (Lipinski definition) is 0. The Morgan fingerprint density at radius 1 is 0.500 bits per heavy atom. The Bertz CT molecular complexity index is 865. The topological polar surface area (TPSA) is 18.5 Å². The molecule has 0 aliphatic heterocycles. The van der Waals surface area contributed by atoms with Gasteiger partial charge in [0.2, 0.25) is 0 Å². The van der Waals surface area contributed by atoms with Crippen molar-refractivity contribution < 1.29 is 9.47 Å². The Kier molecular flexibility index (Phi) is 28.0. The quantitative estimate of drug-likeness (QED) is 0.0708. The van der Waals surface area contributed by atoms with Crippen LogP contribution in [-0.4, -0.2) is 13.2 Å². The molecule has 0 bridgehead atoms. The number of hydrogen-bond acceptors (Lipinski definition) is 2. The van der Waals surface area contributed by atoms with E-state index in [2.05, 4.69) is 29.8 Å². The molecule has 0 aliphatic carbocycles. The highest BCUT2D eigenvalue weighted by Crippen LogP contribution is 2.26. The van der Waals surface area contributed by atoms with Gasteiger partial charge in [0.1, 0.15) is 11.5 Å². The molecule has 0 atom stereocenters. The highest BCUT2D eigenvalue weighted by Gasteiger charge is 2.05. The van der Waals surface area contributed by atoms with Crippen LogP contribution in [0.15, 0.2) is 36.4 Å². The van der Waals surface area contributed by atoms with E-state index in [-0.39, 0.29) is 0 Å². The normalized spacial score (nSPS) is 10.9. The second-order valence-corrected chi connectivity index (χ2v) is 13.5. The maximum absolute atomic E-state index is 5.99. The van der Waals surface area contributed by atoms with Gasteiger partial charge in [-0.2, -0.15) is 0 Å². The summed E-state index contributed by atoms with van der Waals surface area (Å²) in [6.07, 6.45) is 26.9. The van der Waals surface area contributed by atoms with Gasteiger partial charge in [0.15, 0.2) is 0 Å². The summed E-state index contributed by atoms with van der Waals surface area (Å²) in [5.41, 5.74) is 2.10. The molecule has 2 rings (SSSR count). The molecular weight excluding hydrogens is 675 g/mol. The predicted molar refractivity (Wildman–Crippen MR) is 200 cm³/mol. The molecule has 0 unspecified atom stereocenters. The Labute approximate surface area is 294 Å². The zero-order valence-corrected chi connectivity index (χ0v) is 31.6. The third-order valence-electron chi connectivity index (χ3n) is 7.84. The van der Waals surface area contributed by atoms with Crippen LogP contribution in [0.5, 0.6) is 11.5 Å². The molecule has 0 aliphatic rings. The number of halogens is 4. The minimum absolute atomic E-state index is 0.438. The first-order valence-electron chi connectivity index (χ1n) is 17.5.